The predicted molar refractivity (Wildman–Crippen MR) is 101 cm³/mol. The number of carbonyl (C=O) groups is 1. The molecule has 2 rings (SSSR count). The summed E-state index contributed by atoms with van der Waals surface area (Å²) < 4.78 is 11.1. The van der Waals surface area contributed by atoms with E-state index in [9.17, 15) is 4.79 Å². The van der Waals surface area contributed by atoms with Gasteiger partial charge in [0.15, 0.2) is 0 Å². The van der Waals surface area contributed by atoms with Crippen LogP contribution in [-0.2, 0) is 11.3 Å². The lowest BCUT2D eigenvalue weighted by molar-refractivity contribution is 0.0940. The monoisotopic (exact) mass is 381 g/mol. The molecule has 25 heavy (non-hydrogen) atoms. The van der Waals surface area contributed by atoms with E-state index in [0.29, 0.717) is 41.1 Å². The number of rotatable bonds is 9. The minimum atomic E-state index is -0.172. The molecular formula is C19H21Cl2NO3. The number of halogens is 2. The van der Waals surface area contributed by atoms with Crippen molar-refractivity contribution in [3.8, 4) is 5.75 Å². The van der Waals surface area contributed by atoms with Gasteiger partial charge in [0.2, 0.25) is 0 Å². The van der Waals surface area contributed by atoms with Crippen LogP contribution in [0.5, 0.6) is 5.75 Å². The quantitative estimate of drug-likeness (QED) is 0.638. The molecule has 2 aromatic carbocycles. The van der Waals surface area contributed by atoms with Crippen LogP contribution in [0.1, 0.15) is 29.3 Å². The molecule has 0 saturated carbocycles. The standard InChI is InChI=1S/C19H21Cl2NO3/c1-2-24-11-5-10-22-19(23)16-6-3-4-7-18(16)25-13-14-8-9-15(20)12-17(14)21/h3-4,6-9,12H,2,5,10-11,13H2,1H3,(H,22,23). The highest BCUT2D eigenvalue weighted by Crippen LogP contribution is 2.24. The predicted octanol–water partition coefficient (Wildman–Crippen LogP) is 4.73. The van der Waals surface area contributed by atoms with E-state index in [4.69, 9.17) is 32.7 Å². The lowest BCUT2D eigenvalue weighted by atomic mass is 10.2. The third kappa shape index (κ3) is 6.24. The van der Waals surface area contributed by atoms with Crippen LogP contribution in [0.2, 0.25) is 10.0 Å². The zero-order chi connectivity index (χ0) is 18.1. The second-order valence-electron chi connectivity index (χ2n) is 5.33. The van der Waals surface area contributed by atoms with Crippen molar-refractivity contribution in [1.82, 2.24) is 5.32 Å². The Morgan fingerprint density at radius 3 is 2.72 bits per heavy atom. The zero-order valence-electron chi connectivity index (χ0n) is 14.1. The topological polar surface area (TPSA) is 47.6 Å². The van der Waals surface area contributed by atoms with E-state index in [2.05, 4.69) is 5.32 Å². The van der Waals surface area contributed by atoms with Crippen molar-refractivity contribution in [1.29, 1.82) is 0 Å². The second-order valence-corrected chi connectivity index (χ2v) is 6.17. The van der Waals surface area contributed by atoms with Crippen molar-refractivity contribution in [3.63, 3.8) is 0 Å². The van der Waals surface area contributed by atoms with Crippen molar-refractivity contribution in [2.24, 2.45) is 0 Å². The summed E-state index contributed by atoms with van der Waals surface area (Å²) in [6.45, 7) is 4.06. The SMILES string of the molecule is CCOCCCNC(=O)c1ccccc1OCc1ccc(Cl)cc1Cl. The fourth-order valence-electron chi connectivity index (χ4n) is 2.19. The minimum absolute atomic E-state index is 0.172. The Morgan fingerprint density at radius 2 is 1.96 bits per heavy atom. The molecule has 0 unspecified atom stereocenters. The van der Waals surface area contributed by atoms with Crippen LogP contribution in [0.25, 0.3) is 0 Å². The number of carbonyl (C=O) groups excluding carboxylic acids is 1. The van der Waals surface area contributed by atoms with Gasteiger partial charge in [-0.25, -0.2) is 0 Å². The Kier molecular flexibility index (Phi) is 8.06. The van der Waals surface area contributed by atoms with Crippen molar-refractivity contribution < 1.29 is 14.3 Å². The Balaban J connectivity index is 1.96. The smallest absolute Gasteiger partial charge is 0.255 e. The number of nitrogens with one attached hydrogen (secondary N) is 1. The van der Waals surface area contributed by atoms with E-state index in [1.165, 1.54) is 0 Å². The summed E-state index contributed by atoms with van der Waals surface area (Å²) in [6, 6.07) is 12.3. The molecule has 0 saturated heterocycles. The molecule has 4 nitrogen and oxygen atoms in total. The van der Waals surface area contributed by atoms with Crippen LogP contribution >= 0.6 is 23.2 Å². The summed E-state index contributed by atoms with van der Waals surface area (Å²) in [7, 11) is 0. The van der Waals surface area contributed by atoms with Crippen LogP contribution in [0.3, 0.4) is 0 Å². The lowest BCUT2D eigenvalue weighted by Crippen LogP contribution is -2.25. The van der Waals surface area contributed by atoms with Crippen LogP contribution < -0.4 is 10.1 Å². The summed E-state index contributed by atoms with van der Waals surface area (Å²) in [5.41, 5.74) is 1.29. The highest BCUT2D eigenvalue weighted by molar-refractivity contribution is 6.35. The van der Waals surface area contributed by atoms with Gasteiger partial charge in [0, 0.05) is 35.4 Å². The molecule has 0 aliphatic carbocycles. The molecule has 0 radical (unpaired) electrons. The average molecular weight is 382 g/mol. The summed E-state index contributed by atoms with van der Waals surface area (Å²) in [6.07, 6.45) is 0.767. The van der Waals surface area contributed by atoms with E-state index in [1.54, 1.807) is 36.4 Å². The van der Waals surface area contributed by atoms with Gasteiger partial charge in [0.05, 0.1) is 5.56 Å². The van der Waals surface area contributed by atoms with Crippen molar-refractivity contribution >= 4 is 29.1 Å². The molecule has 0 bridgehead atoms. The first-order valence-electron chi connectivity index (χ1n) is 8.13. The third-order valence-corrected chi connectivity index (χ3v) is 4.07. The molecule has 0 aliphatic rings. The van der Waals surface area contributed by atoms with Gasteiger partial charge in [0.1, 0.15) is 12.4 Å². The van der Waals surface area contributed by atoms with Crippen LogP contribution in [0.4, 0.5) is 0 Å². The fraction of sp³-hybridized carbons (Fsp3) is 0.316. The Labute approximate surface area is 158 Å². The molecule has 0 atom stereocenters. The van der Waals surface area contributed by atoms with Gasteiger partial charge in [0.25, 0.3) is 5.91 Å². The van der Waals surface area contributed by atoms with E-state index < -0.39 is 0 Å². The molecule has 0 heterocycles. The summed E-state index contributed by atoms with van der Waals surface area (Å²) >= 11 is 12.0. The van der Waals surface area contributed by atoms with Gasteiger partial charge in [-0.3, -0.25) is 4.79 Å². The highest BCUT2D eigenvalue weighted by atomic mass is 35.5. The Morgan fingerprint density at radius 1 is 1.16 bits per heavy atom. The Hall–Kier alpha value is -1.75. The number of para-hydroxylation sites is 1. The maximum absolute atomic E-state index is 12.3. The first kappa shape index (κ1) is 19.6. The number of hydrogen-bond acceptors (Lipinski definition) is 3. The van der Waals surface area contributed by atoms with Crippen molar-refractivity contribution in [3.05, 3.63) is 63.6 Å². The molecule has 0 aliphatic heterocycles. The molecule has 2 aromatic rings. The molecule has 6 heteroatoms. The number of ether oxygens (including phenoxy) is 2. The van der Waals surface area contributed by atoms with Crippen molar-refractivity contribution in [2.75, 3.05) is 19.8 Å². The third-order valence-electron chi connectivity index (χ3n) is 3.49. The maximum atomic E-state index is 12.3. The highest BCUT2D eigenvalue weighted by Gasteiger charge is 2.12. The largest absolute Gasteiger partial charge is 0.488 e. The fourth-order valence-corrected chi connectivity index (χ4v) is 2.65. The van der Waals surface area contributed by atoms with Crippen LogP contribution in [0.15, 0.2) is 42.5 Å². The molecule has 0 aromatic heterocycles. The second kappa shape index (κ2) is 10.3. The van der Waals surface area contributed by atoms with Crippen LogP contribution in [0, 0.1) is 0 Å². The molecule has 0 fully saturated rings. The maximum Gasteiger partial charge on any atom is 0.255 e. The summed E-state index contributed by atoms with van der Waals surface area (Å²) in [4.78, 5) is 12.3. The van der Waals surface area contributed by atoms with Gasteiger partial charge < -0.3 is 14.8 Å². The first-order valence-corrected chi connectivity index (χ1v) is 8.89. The lowest BCUT2D eigenvalue weighted by Gasteiger charge is -2.12. The van der Waals surface area contributed by atoms with Gasteiger partial charge >= 0.3 is 0 Å². The number of amides is 1. The number of hydrogen-bond donors (Lipinski definition) is 1. The number of benzene rings is 2. The van der Waals surface area contributed by atoms with E-state index >= 15 is 0 Å². The van der Waals surface area contributed by atoms with Gasteiger partial charge in [-0.05, 0) is 37.6 Å². The minimum Gasteiger partial charge on any atom is -0.488 e. The summed E-state index contributed by atoms with van der Waals surface area (Å²) in [5.74, 6) is 0.338. The van der Waals surface area contributed by atoms with Crippen molar-refractivity contribution in [2.45, 2.75) is 20.0 Å². The van der Waals surface area contributed by atoms with E-state index in [1.807, 2.05) is 13.0 Å². The normalized spacial score (nSPS) is 10.5. The van der Waals surface area contributed by atoms with Gasteiger partial charge in [-0.1, -0.05) is 41.4 Å². The van der Waals surface area contributed by atoms with Crippen LogP contribution in [-0.4, -0.2) is 25.7 Å². The first-order chi connectivity index (χ1) is 12.1. The molecular weight excluding hydrogens is 361 g/mol. The average Bonchev–Trinajstić information content (AvgIpc) is 2.61. The van der Waals surface area contributed by atoms with Gasteiger partial charge in [-0.2, -0.15) is 0 Å². The molecule has 1 amide bonds. The summed E-state index contributed by atoms with van der Waals surface area (Å²) in [5, 5.41) is 3.98. The molecule has 134 valence electrons. The Bertz CT molecular complexity index is 707. The van der Waals surface area contributed by atoms with E-state index in [-0.39, 0.29) is 12.5 Å². The van der Waals surface area contributed by atoms with Gasteiger partial charge in [-0.15, -0.1) is 0 Å². The van der Waals surface area contributed by atoms with E-state index in [0.717, 1.165) is 12.0 Å². The zero-order valence-corrected chi connectivity index (χ0v) is 15.6. The molecule has 1 N–H and O–H groups in total. The molecule has 0 spiro atoms.